The van der Waals surface area contributed by atoms with Gasteiger partial charge in [0.1, 0.15) is 0 Å². The topological polar surface area (TPSA) is 110 Å². The molecule has 120 valence electrons. The van der Waals surface area contributed by atoms with Crippen LogP contribution in [-0.2, 0) is 6.42 Å². The fourth-order valence-electron chi connectivity index (χ4n) is 2.07. The highest BCUT2D eigenvalue weighted by atomic mass is 16.6. The molecular formula is C16H15NO6. The number of non-ortho nitro benzene ring substituents is 1. The van der Waals surface area contributed by atoms with Gasteiger partial charge < -0.3 is 14.9 Å². The van der Waals surface area contributed by atoms with Crippen molar-refractivity contribution in [1.29, 1.82) is 0 Å². The van der Waals surface area contributed by atoms with Crippen molar-refractivity contribution in [2.45, 2.75) is 13.3 Å². The molecule has 0 radical (unpaired) electrons. The van der Waals surface area contributed by atoms with Crippen LogP contribution in [0, 0.1) is 10.1 Å². The Balaban J connectivity index is 2.20. The monoisotopic (exact) mass is 317 g/mol. The van der Waals surface area contributed by atoms with Gasteiger partial charge in [-0.2, -0.15) is 0 Å². The molecule has 0 saturated carbocycles. The number of rotatable bonds is 6. The van der Waals surface area contributed by atoms with Crippen LogP contribution >= 0.6 is 0 Å². The van der Waals surface area contributed by atoms with Gasteiger partial charge in [0.05, 0.1) is 17.1 Å². The van der Waals surface area contributed by atoms with Crippen molar-refractivity contribution >= 4 is 11.5 Å². The molecule has 2 aromatic rings. The Morgan fingerprint density at radius 1 is 1.13 bits per heavy atom. The molecule has 7 heteroatoms. The maximum atomic E-state index is 12.2. The number of nitrogens with zero attached hydrogens (tertiary/aromatic N) is 1. The van der Waals surface area contributed by atoms with Gasteiger partial charge >= 0.3 is 0 Å². The minimum absolute atomic E-state index is 0.0377. The highest BCUT2D eigenvalue weighted by Crippen LogP contribution is 2.38. The van der Waals surface area contributed by atoms with Gasteiger partial charge in [0.2, 0.25) is 5.75 Å². The first kappa shape index (κ1) is 16.3. The number of carbonyl (C=O) groups excluding carboxylic acids is 1. The number of Topliss-reactive ketones (excluding diaryl/α,β-unsaturated/α-hetero) is 1. The van der Waals surface area contributed by atoms with Gasteiger partial charge in [-0.25, -0.2) is 0 Å². The molecule has 23 heavy (non-hydrogen) atoms. The molecule has 0 aromatic heterocycles. The van der Waals surface area contributed by atoms with E-state index in [1.165, 1.54) is 36.4 Å². The largest absolute Gasteiger partial charge is 0.504 e. The highest BCUT2D eigenvalue weighted by Gasteiger charge is 2.18. The Bertz CT molecular complexity index is 739. The number of benzene rings is 2. The Hall–Kier alpha value is -3.09. The molecule has 0 aliphatic carbocycles. The van der Waals surface area contributed by atoms with Gasteiger partial charge in [-0.3, -0.25) is 14.9 Å². The third kappa shape index (κ3) is 3.57. The van der Waals surface area contributed by atoms with Crippen LogP contribution in [0.25, 0.3) is 0 Å². The van der Waals surface area contributed by atoms with Crippen LogP contribution in [0.2, 0.25) is 0 Å². The molecule has 0 atom stereocenters. The van der Waals surface area contributed by atoms with E-state index >= 15 is 0 Å². The van der Waals surface area contributed by atoms with Crippen molar-refractivity contribution in [3.8, 4) is 17.2 Å². The summed E-state index contributed by atoms with van der Waals surface area (Å²) in [7, 11) is 0. The molecular weight excluding hydrogens is 302 g/mol. The summed E-state index contributed by atoms with van der Waals surface area (Å²) in [6.07, 6.45) is -0.0566. The Morgan fingerprint density at radius 2 is 1.78 bits per heavy atom. The Kier molecular flexibility index (Phi) is 4.80. The minimum Gasteiger partial charge on any atom is -0.504 e. The highest BCUT2D eigenvalue weighted by molar-refractivity contribution is 6.00. The maximum absolute atomic E-state index is 12.2. The number of ketones is 1. The van der Waals surface area contributed by atoms with E-state index in [1.54, 1.807) is 6.92 Å². The summed E-state index contributed by atoms with van der Waals surface area (Å²) in [5, 5.41) is 30.3. The normalized spacial score (nSPS) is 10.3. The van der Waals surface area contributed by atoms with Crippen LogP contribution in [0.4, 0.5) is 5.69 Å². The summed E-state index contributed by atoms with van der Waals surface area (Å²) in [5.74, 6) is -1.35. The Morgan fingerprint density at radius 3 is 2.35 bits per heavy atom. The van der Waals surface area contributed by atoms with Gasteiger partial charge in [0, 0.05) is 18.6 Å². The van der Waals surface area contributed by atoms with Gasteiger partial charge in [-0.15, -0.1) is 0 Å². The maximum Gasteiger partial charge on any atom is 0.269 e. The Labute approximate surface area is 131 Å². The first-order valence-electron chi connectivity index (χ1n) is 6.88. The number of nitro groups is 1. The van der Waals surface area contributed by atoms with E-state index in [-0.39, 0.29) is 23.4 Å². The zero-order valence-electron chi connectivity index (χ0n) is 12.4. The second-order valence-electron chi connectivity index (χ2n) is 4.76. The third-order valence-corrected chi connectivity index (χ3v) is 3.23. The van der Waals surface area contributed by atoms with Crippen molar-refractivity contribution in [1.82, 2.24) is 0 Å². The number of aromatic hydroxyl groups is 2. The number of hydrogen-bond donors (Lipinski definition) is 2. The average molecular weight is 317 g/mol. The summed E-state index contributed by atoms with van der Waals surface area (Å²) in [5.41, 5.74) is 0.459. The number of nitro benzene ring substituents is 1. The molecule has 0 aliphatic rings. The van der Waals surface area contributed by atoms with Crippen LogP contribution in [0.5, 0.6) is 17.2 Å². The predicted octanol–water partition coefficient (Wildman–Crippen LogP) is 2.83. The van der Waals surface area contributed by atoms with E-state index in [0.29, 0.717) is 12.2 Å². The average Bonchev–Trinajstić information content (AvgIpc) is 2.52. The van der Waals surface area contributed by atoms with E-state index in [9.17, 15) is 25.1 Å². The van der Waals surface area contributed by atoms with Crippen molar-refractivity contribution < 1.29 is 24.7 Å². The second kappa shape index (κ2) is 6.78. The number of ether oxygens (including phenoxy) is 1. The SMILES string of the molecule is CCOc1ccc(C(=O)Cc2ccc([N+](=O)[O-])cc2)c(O)c1O. The molecule has 0 spiro atoms. The number of hydrogen-bond acceptors (Lipinski definition) is 6. The summed E-state index contributed by atoms with van der Waals surface area (Å²) in [6.45, 7) is 2.03. The molecule has 2 rings (SSSR count). The van der Waals surface area contributed by atoms with Crippen LogP contribution in [-0.4, -0.2) is 27.5 Å². The quantitative estimate of drug-likeness (QED) is 0.367. The van der Waals surface area contributed by atoms with Crippen LogP contribution in [0.3, 0.4) is 0 Å². The van der Waals surface area contributed by atoms with E-state index in [4.69, 9.17) is 4.74 Å². The van der Waals surface area contributed by atoms with Crippen molar-refractivity contribution in [2.24, 2.45) is 0 Å². The van der Waals surface area contributed by atoms with Crippen LogP contribution in [0.1, 0.15) is 22.8 Å². The molecule has 2 N–H and O–H groups in total. The van der Waals surface area contributed by atoms with Crippen LogP contribution < -0.4 is 4.74 Å². The van der Waals surface area contributed by atoms with Crippen molar-refractivity contribution in [3.63, 3.8) is 0 Å². The van der Waals surface area contributed by atoms with E-state index in [0.717, 1.165) is 0 Å². The fourth-order valence-corrected chi connectivity index (χ4v) is 2.07. The molecule has 0 amide bonds. The first-order chi connectivity index (χ1) is 10.9. The summed E-state index contributed by atoms with van der Waals surface area (Å²) in [6, 6.07) is 8.33. The lowest BCUT2D eigenvalue weighted by atomic mass is 10.0. The lowest BCUT2D eigenvalue weighted by Gasteiger charge is -2.10. The van der Waals surface area contributed by atoms with Gasteiger partial charge in [-0.05, 0) is 24.6 Å². The van der Waals surface area contributed by atoms with E-state index in [2.05, 4.69) is 0 Å². The molecule has 0 bridgehead atoms. The molecule has 2 aromatic carbocycles. The third-order valence-electron chi connectivity index (χ3n) is 3.23. The van der Waals surface area contributed by atoms with Crippen molar-refractivity contribution in [3.05, 3.63) is 57.6 Å². The molecule has 0 fully saturated rings. The van der Waals surface area contributed by atoms with Crippen molar-refractivity contribution in [2.75, 3.05) is 6.61 Å². The van der Waals surface area contributed by atoms with Gasteiger partial charge in [-0.1, -0.05) is 12.1 Å². The van der Waals surface area contributed by atoms with E-state index in [1.807, 2.05) is 0 Å². The van der Waals surface area contributed by atoms with Crippen LogP contribution in [0.15, 0.2) is 36.4 Å². The molecule has 0 saturated heterocycles. The second-order valence-corrected chi connectivity index (χ2v) is 4.76. The van der Waals surface area contributed by atoms with E-state index < -0.39 is 22.2 Å². The number of carbonyl (C=O) groups is 1. The minimum atomic E-state index is -0.539. The standard InChI is InChI=1S/C16H15NO6/c1-2-23-14-8-7-12(15(19)16(14)20)13(18)9-10-3-5-11(6-4-10)17(21)22/h3-8,19-20H,2,9H2,1H3. The fraction of sp³-hybridized carbons (Fsp3) is 0.188. The van der Waals surface area contributed by atoms with Gasteiger partial charge in [0.15, 0.2) is 17.3 Å². The number of phenols is 2. The molecule has 0 aliphatic heterocycles. The summed E-state index contributed by atoms with van der Waals surface area (Å²) in [4.78, 5) is 22.3. The first-order valence-corrected chi connectivity index (χ1v) is 6.88. The lowest BCUT2D eigenvalue weighted by Crippen LogP contribution is -2.05. The smallest absolute Gasteiger partial charge is 0.269 e. The summed E-state index contributed by atoms with van der Waals surface area (Å²) >= 11 is 0. The zero-order valence-corrected chi connectivity index (χ0v) is 12.4. The van der Waals surface area contributed by atoms with Gasteiger partial charge in [0.25, 0.3) is 5.69 Å². The number of phenolic OH excluding ortho intramolecular Hbond substituents is 2. The zero-order chi connectivity index (χ0) is 17.0. The predicted molar refractivity (Wildman–Crippen MR) is 82.1 cm³/mol. The molecule has 0 unspecified atom stereocenters. The molecule has 7 nitrogen and oxygen atoms in total. The molecule has 0 heterocycles. The summed E-state index contributed by atoms with van der Waals surface area (Å²) < 4.78 is 5.12. The lowest BCUT2D eigenvalue weighted by molar-refractivity contribution is -0.384.